The topological polar surface area (TPSA) is 37.3 Å². The Bertz CT molecular complexity index is 330. The summed E-state index contributed by atoms with van der Waals surface area (Å²) in [6.07, 6.45) is 7.75. The van der Waals surface area contributed by atoms with Crippen LogP contribution in [0.5, 0.6) is 0 Å². The molecular weight excluding hydrogens is 224 g/mol. The second-order valence-corrected chi connectivity index (χ2v) is 6.58. The van der Waals surface area contributed by atoms with Crippen LogP contribution in [0.1, 0.15) is 72.1 Å². The molecule has 0 radical (unpaired) electrons. The van der Waals surface area contributed by atoms with Gasteiger partial charge in [0.2, 0.25) is 0 Å². The lowest BCUT2D eigenvalue weighted by Crippen LogP contribution is -2.31. The van der Waals surface area contributed by atoms with Gasteiger partial charge in [-0.15, -0.1) is 5.92 Å². The molecule has 0 heterocycles. The maximum atomic E-state index is 11.6. The summed E-state index contributed by atoms with van der Waals surface area (Å²) in [6.45, 7) is 6.18. The van der Waals surface area contributed by atoms with Crippen LogP contribution in [0.4, 0.5) is 0 Å². The molecule has 0 atom stereocenters. The Morgan fingerprint density at radius 1 is 1.11 bits per heavy atom. The maximum Gasteiger partial charge on any atom is 0.310 e. The van der Waals surface area contributed by atoms with E-state index in [2.05, 4.69) is 32.6 Å². The molecule has 0 aromatic heterocycles. The van der Waals surface area contributed by atoms with Crippen LogP contribution in [0.3, 0.4) is 0 Å². The van der Waals surface area contributed by atoms with Gasteiger partial charge in [-0.2, -0.15) is 0 Å². The molecule has 0 aromatic carbocycles. The minimum absolute atomic E-state index is 0.0404. The van der Waals surface area contributed by atoms with E-state index >= 15 is 0 Å². The first-order chi connectivity index (χ1) is 8.36. The Morgan fingerprint density at radius 2 is 1.61 bits per heavy atom. The van der Waals surface area contributed by atoms with E-state index in [1.807, 2.05) is 0 Å². The zero-order valence-corrected chi connectivity index (χ0v) is 12.0. The van der Waals surface area contributed by atoms with Crippen LogP contribution in [0.2, 0.25) is 0 Å². The fourth-order valence-corrected chi connectivity index (χ4v) is 2.53. The number of carbonyl (C=O) groups is 1. The molecule has 0 aromatic rings. The third-order valence-electron chi connectivity index (χ3n) is 3.65. The first kappa shape index (κ1) is 15.1. The van der Waals surface area contributed by atoms with Crippen molar-refractivity contribution in [1.29, 1.82) is 0 Å². The van der Waals surface area contributed by atoms with Crippen LogP contribution < -0.4 is 0 Å². The highest BCUT2D eigenvalue weighted by Crippen LogP contribution is 2.37. The summed E-state index contributed by atoms with van der Waals surface area (Å²) >= 11 is 0. The molecule has 102 valence electrons. The van der Waals surface area contributed by atoms with Crippen LogP contribution in [0, 0.1) is 22.7 Å². The van der Waals surface area contributed by atoms with Crippen molar-refractivity contribution in [1.82, 2.24) is 0 Å². The third kappa shape index (κ3) is 4.72. The molecule has 0 unspecified atom stereocenters. The summed E-state index contributed by atoms with van der Waals surface area (Å²) < 4.78 is 0. The summed E-state index contributed by atoms with van der Waals surface area (Å²) in [5.41, 5.74) is -0.625. The molecular formula is C16H26O2. The van der Waals surface area contributed by atoms with Crippen LogP contribution >= 0.6 is 0 Å². The van der Waals surface area contributed by atoms with Gasteiger partial charge in [0, 0.05) is 11.8 Å². The van der Waals surface area contributed by atoms with Crippen LogP contribution in [-0.4, -0.2) is 11.1 Å². The van der Waals surface area contributed by atoms with Crippen molar-refractivity contribution >= 4 is 5.97 Å². The first-order valence-corrected chi connectivity index (χ1v) is 7.09. The lowest BCUT2D eigenvalue weighted by molar-refractivity contribution is -0.150. The molecule has 1 rings (SSSR count). The Balaban J connectivity index is 2.77. The fourth-order valence-electron chi connectivity index (χ4n) is 2.53. The van der Waals surface area contributed by atoms with Crippen molar-refractivity contribution in [3.05, 3.63) is 0 Å². The average Bonchev–Trinajstić information content (AvgIpc) is 2.19. The SMILES string of the molecule is CC(C)(C)C#CCC1(C(=O)O)CCCCCCC1. The van der Waals surface area contributed by atoms with Gasteiger partial charge in [-0.05, 0) is 33.6 Å². The molecule has 1 aliphatic rings. The van der Waals surface area contributed by atoms with Crippen molar-refractivity contribution < 1.29 is 9.90 Å². The summed E-state index contributed by atoms with van der Waals surface area (Å²) in [4.78, 5) is 11.6. The number of aliphatic carboxylic acids is 1. The normalized spacial score (nSPS) is 20.2. The van der Waals surface area contributed by atoms with E-state index in [0.29, 0.717) is 6.42 Å². The summed E-state index contributed by atoms with van der Waals surface area (Å²) in [5.74, 6) is 5.66. The van der Waals surface area contributed by atoms with E-state index in [-0.39, 0.29) is 5.41 Å². The molecule has 0 aliphatic heterocycles. The van der Waals surface area contributed by atoms with E-state index in [9.17, 15) is 9.90 Å². The monoisotopic (exact) mass is 250 g/mol. The molecule has 1 saturated carbocycles. The highest BCUT2D eigenvalue weighted by Gasteiger charge is 2.37. The van der Waals surface area contributed by atoms with E-state index < -0.39 is 11.4 Å². The van der Waals surface area contributed by atoms with E-state index in [0.717, 1.165) is 25.7 Å². The standard InChI is InChI=1S/C16H26O2/c1-15(2,3)10-9-13-16(14(17)18)11-7-5-4-6-8-12-16/h4-8,11-13H2,1-3H3,(H,17,18). The molecule has 0 spiro atoms. The molecule has 0 saturated heterocycles. The van der Waals surface area contributed by atoms with Crippen molar-refractivity contribution in [3.63, 3.8) is 0 Å². The van der Waals surface area contributed by atoms with Gasteiger partial charge in [0.1, 0.15) is 0 Å². The van der Waals surface area contributed by atoms with Gasteiger partial charge in [-0.3, -0.25) is 4.79 Å². The lowest BCUT2D eigenvalue weighted by Gasteiger charge is -2.29. The number of hydrogen-bond acceptors (Lipinski definition) is 1. The number of hydrogen-bond donors (Lipinski definition) is 1. The van der Waals surface area contributed by atoms with Crippen LogP contribution in [0.15, 0.2) is 0 Å². The number of rotatable bonds is 2. The largest absolute Gasteiger partial charge is 0.481 e. The van der Waals surface area contributed by atoms with Gasteiger partial charge in [-0.1, -0.05) is 38.0 Å². The second kappa shape index (κ2) is 6.27. The number of carboxylic acid groups (broad SMARTS) is 1. The second-order valence-electron chi connectivity index (χ2n) is 6.58. The van der Waals surface area contributed by atoms with Crippen molar-refractivity contribution in [2.75, 3.05) is 0 Å². The summed E-state index contributed by atoms with van der Waals surface area (Å²) in [5, 5.41) is 9.57. The van der Waals surface area contributed by atoms with Gasteiger partial charge in [0.25, 0.3) is 0 Å². The van der Waals surface area contributed by atoms with Crippen molar-refractivity contribution in [2.24, 2.45) is 10.8 Å². The molecule has 18 heavy (non-hydrogen) atoms. The van der Waals surface area contributed by atoms with Gasteiger partial charge in [0.05, 0.1) is 5.41 Å². The Kier molecular flexibility index (Phi) is 5.26. The Labute approximate surface area is 111 Å². The molecule has 1 aliphatic carbocycles. The fraction of sp³-hybridized carbons (Fsp3) is 0.812. The molecule has 0 amide bonds. The lowest BCUT2D eigenvalue weighted by atomic mass is 9.74. The minimum atomic E-state index is -0.646. The Morgan fingerprint density at radius 3 is 2.06 bits per heavy atom. The van der Waals surface area contributed by atoms with Gasteiger partial charge >= 0.3 is 5.97 Å². The van der Waals surface area contributed by atoms with Crippen LogP contribution in [0.25, 0.3) is 0 Å². The Hall–Kier alpha value is -0.970. The molecule has 2 heteroatoms. The predicted octanol–water partition coefficient (Wildman–Crippen LogP) is 4.24. The molecule has 1 N–H and O–H groups in total. The van der Waals surface area contributed by atoms with Crippen LogP contribution in [-0.2, 0) is 4.79 Å². The van der Waals surface area contributed by atoms with Crippen molar-refractivity contribution in [2.45, 2.75) is 72.1 Å². The quantitative estimate of drug-likeness (QED) is 0.744. The molecule has 2 nitrogen and oxygen atoms in total. The van der Waals surface area contributed by atoms with E-state index in [1.54, 1.807) is 0 Å². The summed E-state index contributed by atoms with van der Waals surface area (Å²) in [6, 6.07) is 0. The maximum absolute atomic E-state index is 11.6. The third-order valence-corrected chi connectivity index (χ3v) is 3.65. The predicted molar refractivity (Wildman–Crippen MR) is 74.2 cm³/mol. The smallest absolute Gasteiger partial charge is 0.310 e. The van der Waals surface area contributed by atoms with Gasteiger partial charge < -0.3 is 5.11 Å². The summed E-state index contributed by atoms with van der Waals surface area (Å²) in [7, 11) is 0. The molecule has 1 fully saturated rings. The van der Waals surface area contributed by atoms with E-state index in [1.165, 1.54) is 19.3 Å². The van der Waals surface area contributed by atoms with E-state index in [4.69, 9.17) is 0 Å². The average molecular weight is 250 g/mol. The zero-order chi connectivity index (χ0) is 13.6. The zero-order valence-electron chi connectivity index (χ0n) is 12.0. The van der Waals surface area contributed by atoms with Gasteiger partial charge in [0.15, 0.2) is 0 Å². The highest BCUT2D eigenvalue weighted by atomic mass is 16.4. The first-order valence-electron chi connectivity index (χ1n) is 7.09. The molecule has 0 bridgehead atoms. The number of carboxylic acids is 1. The van der Waals surface area contributed by atoms with Gasteiger partial charge in [-0.25, -0.2) is 0 Å². The highest BCUT2D eigenvalue weighted by molar-refractivity contribution is 5.75. The van der Waals surface area contributed by atoms with Crippen molar-refractivity contribution in [3.8, 4) is 11.8 Å². The minimum Gasteiger partial charge on any atom is -0.481 e.